The summed E-state index contributed by atoms with van der Waals surface area (Å²) in [4.78, 5) is 35.0. The zero-order chi connectivity index (χ0) is 24.8. The minimum absolute atomic E-state index is 0.0134. The van der Waals surface area contributed by atoms with Crippen molar-refractivity contribution in [1.29, 1.82) is 0 Å². The molecule has 1 aliphatic heterocycles. The van der Waals surface area contributed by atoms with E-state index in [-0.39, 0.29) is 61.5 Å². The van der Waals surface area contributed by atoms with Crippen LogP contribution < -0.4 is 5.32 Å². The van der Waals surface area contributed by atoms with Gasteiger partial charge in [0.25, 0.3) is 0 Å². The zero-order valence-electron chi connectivity index (χ0n) is 18.9. The lowest BCUT2D eigenvalue weighted by atomic mass is 10.2. The van der Waals surface area contributed by atoms with Crippen LogP contribution in [0, 0.1) is 0 Å². The molecule has 2 N–H and O–H groups in total. The number of aromatic nitrogens is 2. The van der Waals surface area contributed by atoms with E-state index in [1.165, 1.54) is 22.8 Å². The summed E-state index contributed by atoms with van der Waals surface area (Å²) in [5, 5.41) is 12.2. The Bertz CT molecular complexity index is 1290. The summed E-state index contributed by atoms with van der Waals surface area (Å²) in [5.41, 5.74) is 1.04. The second kappa shape index (κ2) is 10.6. The number of amides is 2. The molecule has 182 valence electrons. The highest BCUT2D eigenvalue weighted by Gasteiger charge is 2.30. The van der Waals surface area contributed by atoms with Crippen LogP contribution in [0.2, 0.25) is 0 Å². The lowest BCUT2D eigenvalue weighted by molar-refractivity contribution is -0.133. The predicted octanol–water partition coefficient (Wildman–Crippen LogP) is 2.10. The SMILES string of the molecule is O=C(CCC(=O)N1CCN(S(=O)(=O)c2ccccc2)CC1)Nc1cnc(-c2cccc(O)c2)nc1. The Morgan fingerprint density at radius 1 is 0.914 bits per heavy atom. The molecule has 1 aliphatic rings. The summed E-state index contributed by atoms with van der Waals surface area (Å²) >= 11 is 0. The van der Waals surface area contributed by atoms with Crippen LogP contribution in [0.5, 0.6) is 5.75 Å². The van der Waals surface area contributed by atoms with Crippen LogP contribution in [0.1, 0.15) is 12.8 Å². The van der Waals surface area contributed by atoms with Gasteiger partial charge in [-0.2, -0.15) is 4.31 Å². The number of nitrogens with one attached hydrogen (secondary N) is 1. The first-order chi connectivity index (χ1) is 16.8. The second-order valence-electron chi connectivity index (χ2n) is 7.99. The maximum absolute atomic E-state index is 12.7. The van der Waals surface area contributed by atoms with Crippen molar-refractivity contribution >= 4 is 27.5 Å². The lowest BCUT2D eigenvalue weighted by Crippen LogP contribution is -2.50. The van der Waals surface area contributed by atoms with E-state index < -0.39 is 10.0 Å². The molecule has 0 bridgehead atoms. The van der Waals surface area contributed by atoms with Crippen molar-refractivity contribution in [1.82, 2.24) is 19.2 Å². The number of hydrogen-bond acceptors (Lipinski definition) is 7. The third-order valence-electron chi connectivity index (χ3n) is 5.58. The van der Waals surface area contributed by atoms with Gasteiger partial charge in [0.2, 0.25) is 21.8 Å². The molecule has 2 heterocycles. The van der Waals surface area contributed by atoms with Crippen molar-refractivity contribution in [3.8, 4) is 17.1 Å². The summed E-state index contributed by atoms with van der Waals surface area (Å²) in [7, 11) is -3.59. The largest absolute Gasteiger partial charge is 0.508 e. The van der Waals surface area contributed by atoms with Crippen molar-refractivity contribution in [3.05, 3.63) is 67.0 Å². The van der Waals surface area contributed by atoms with Gasteiger partial charge in [-0.25, -0.2) is 18.4 Å². The van der Waals surface area contributed by atoms with Crippen molar-refractivity contribution in [2.45, 2.75) is 17.7 Å². The molecular weight excluding hydrogens is 470 g/mol. The number of phenols is 1. The highest BCUT2D eigenvalue weighted by Crippen LogP contribution is 2.20. The Balaban J connectivity index is 1.24. The molecular formula is C24H25N5O5S. The van der Waals surface area contributed by atoms with Gasteiger partial charge < -0.3 is 15.3 Å². The number of nitrogens with zero attached hydrogens (tertiary/aromatic N) is 4. The molecule has 0 aliphatic carbocycles. The number of rotatable bonds is 7. The highest BCUT2D eigenvalue weighted by atomic mass is 32.2. The lowest BCUT2D eigenvalue weighted by Gasteiger charge is -2.34. The summed E-state index contributed by atoms with van der Waals surface area (Å²) in [6.45, 7) is 0.962. The summed E-state index contributed by atoms with van der Waals surface area (Å²) in [6, 6.07) is 14.7. The summed E-state index contributed by atoms with van der Waals surface area (Å²) < 4.78 is 26.8. The van der Waals surface area contributed by atoms with Crippen LogP contribution in [-0.4, -0.2) is 70.7 Å². The normalized spacial score (nSPS) is 14.5. The number of sulfonamides is 1. The number of carbonyl (C=O) groups excluding carboxylic acids is 2. The van der Waals surface area contributed by atoms with E-state index in [9.17, 15) is 23.1 Å². The minimum atomic E-state index is -3.59. The van der Waals surface area contributed by atoms with Crippen LogP contribution in [-0.2, 0) is 19.6 Å². The molecule has 2 aromatic carbocycles. The average molecular weight is 496 g/mol. The van der Waals surface area contributed by atoms with E-state index in [4.69, 9.17) is 0 Å². The standard InChI is InChI=1S/C24H25N5O5S/c30-20-6-4-5-18(15-20)24-25-16-19(17-26-24)27-22(31)9-10-23(32)28-11-13-29(14-12-28)35(33,34)21-7-2-1-3-8-21/h1-8,15-17,30H,9-14H2,(H,27,31). The maximum Gasteiger partial charge on any atom is 0.243 e. The van der Waals surface area contributed by atoms with E-state index in [1.54, 1.807) is 53.4 Å². The van der Waals surface area contributed by atoms with Crippen molar-refractivity contribution in [2.75, 3.05) is 31.5 Å². The number of aromatic hydroxyl groups is 1. The van der Waals surface area contributed by atoms with Crippen LogP contribution in [0.15, 0.2) is 71.9 Å². The van der Waals surface area contributed by atoms with Gasteiger partial charge in [-0.05, 0) is 24.3 Å². The second-order valence-corrected chi connectivity index (χ2v) is 9.93. The fourth-order valence-corrected chi connectivity index (χ4v) is 5.15. The van der Waals surface area contributed by atoms with Gasteiger partial charge in [0.1, 0.15) is 5.75 Å². The Hall–Kier alpha value is -3.83. The molecule has 1 fully saturated rings. The Labute approximate surface area is 203 Å². The monoisotopic (exact) mass is 495 g/mol. The third-order valence-corrected chi connectivity index (χ3v) is 7.49. The van der Waals surface area contributed by atoms with Gasteiger partial charge in [0, 0.05) is 44.6 Å². The number of phenolic OH excluding ortho intramolecular Hbond substituents is 1. The van der Waals surface area contributed by atoms with Crippen molar-refractivity contribution < 1.29 is 23.1 Å². The topological polar surface area (TPSA) is 133 Å². The Morgan fingerprint density at radius 2 is 1.60 bits per heavy atom. The van der Waals surface area contributed by atoms with E-state index in [0.717, 1.165) is 0 Å². The van der Waals surface area contributed by atoms with Gasteiger partial charge >= 0.3 is 0 Å². The summed E-state index contributed by atoms with van der Waals surface area (Å²) in [6.07, 6.45) is 2.91. The highest BCUT2D eigenvalue weighted by molar-refractivity contribution is 7.89. The molecule has 0 saturated carbocycles. The number of piperazine rings is 1. The minimum Gasteiger partial charge on any atom is -0.508 e. The van der Waals surface area contributed by atoms with Gasteiger partial charge in [0.15, 0.2) is 5.82 Å². The van der Waals surface area contributed by atoms with E-state index in [2.05, 4.69) is 15.3 Å². The molecule has 1 aromatic heterocycles. The van der Waals surface area contributed by atoms with E-state index in [1.807, 2.05) is 0 Å². The molecule has 1 saturated heterocycles. The molecule has 0 atom stereocenters. The fraction of sp³-hybridized carbons (Fsp3) is 0.250. The first kappa shape index (κ1) is 24.3. The molecule has 10 nitrogen and oxygen atoms in total. The van der Waals surface area contributed by atoms with Crippen LogP contribution in [0.3, 0.4) is 0 Å². The molecule has 2 amide bonds. The fourth-order valence-electron chi connectivity index (χ4n) is 3.71. The maximum atomic E-state index is 12.7. The molecule has 11 heteroatoms. The van der Waals surface area contributed by atoms with Gasteiger partial charge in [-0.15, -0.1) is 0 Å². The molecule has 3 aromatic rings. The smallest absolute Gasteiger partial charge is 0.243 e. The number of carbonyl (C=O) groups is 2. The zero-order valence-corrected chi connectivity index (χ0v) is 19.7. The van der Waals surface area contributed by atoms with Gasteiger partial charge in [-0.1, -0.05) is 30.3 Å². The first-order valence-corrected chi connectivity index (χ1v) is 12.5. The molecule has 0 spiro atoms. The third kappa shape index (κ3) is 6.00. The van der Waals surface area contributed by atoms with Gasteiger partial charge in [-0.3, -0.25) is 9.59 Å². The molecule has 0 radical (unpaired) electrons. The summed E-state index contributed by atoms with van der Waals surface area (Å²) in [5.74, 6) is -0.0420. The average Bonchev–Trinajstić information content (AvgIpc) is 2.88. The van der Waals surface area contributed by atoms with Crippen molar-refractivity contribution in [2.24, 2.45) is 0 Å². The van der Waals surface area contributed by atoms with Gasteiger partial charge in [0.05, 0.1) is 23.0 Å². The quantitative estimate of drug-likeness (QED) is 0.513. The number of anilines is 1. The molecule has 35 heavy (non-hydrogen) atoms. The van der Waals surface area contributed by atoms with Crippen LogP contribution >= 0.6 is 0 Å². The van der Waals surface area contributed by atoms with Crippen LogP contribution in [0.25, 0.3) is 11.4 Å². The van der Waals surface area contributed by atoms with Crippen LogP contribution in [0.4, 0.5) is 5.69 Å². The number of hydrogen-bond donors (Lipinski definition) is 2. The number of benzene rings is 2. The molecule has 4 rings (SSSR count). The van der Waals surface area contributed by atoms with E-state index in [0.29, 0.717) is 17.1 Å². The molecule has 0 unspecified atom stereocenters. The Morgan fingerprint density at radius 3 is 2.26 bits per heavy atom. The van der Waals surface area contributed by atoms with E-state index >= 15 is 0 Å². The predicted molar refractivity (Wildman–Crippen MR) is 129 cm³/mol. The van der Waals surface area contributed by atoms with Crippen molar-refractivity contribution in [3.63, 3.8) is 0 Å². The first-order valence-electron chi connectivity index (χ1n) is 11.1. The Kier molecular flexibility index (Phi) is 7.37.